The van der Waals surface area contributed by atoms with Crippen molar-refractivity contribution in [2.75, 3.05) is 31.8 Å². The number of pyridine rings is 1. The molecule has 1 aromatic carbocycles. The Morgan fingerprint density at radius 3 is 2.38 bits per heavy atom. The molecule has 2 aliphatic heterocycles. The van der Waals surface area contributed by atoms with Gasteiger partial charge in [0, 0.05) is 42.2 Å². The lowest BCUT2D eigenvalue weighted by Crippen LogP contribution is -2.53. The van der Waals surface area contributed by atoms with Crippen LogP contribution in [0.4, 0.5) is 27.6 Å². The predicted octanol–water partition coefficient (Wildman–Crippen LogP) is 3.19. The number of imidazole rings is 1. The maximum absolute atomic E-state index is 15.2. The van der Waals surface area contributed by atoms with Crippen molar-refractivity contribution in [3.05, 3.63) is 59.6 Å². The summed E-state index contributed by atoms with van der Waals surface area (Å²) in [5.41, 5.74) is -1.10. The van der Waals surface area contributed by atoms with Crippen LogP contribution in [0, 0.1) is 11.6 Å². The van der Waals surface area contributed by atoms with Gasteiger partial charge in [0.15, 0.2) is 0 Å². The molecule has 45 heavy (non-hydrogen) atoms. The smallest absolute Gasteiger partial charge is 0.467 e. The van der Waals surface area contributed by atoms with E-state index >= 15 is 8.78 Å². The predicted molar refractivity (Wildman–Crippen MR) is 152 cm³/mol. The Morgan fingerprint density at radius 1 is 1.13 bits per heavy atom. The average molecular weight is 638 g/mol. The number of amides is 1. The van der Waals surface area contributed by atoms with Crippen molar-refractivity contribution in [3.63, 3.8) is 0 Å². The molecule has 3 aromatic rings. The van der Waals surface area contributed by atoms with Gasteiger partial charge in [0.05, 0.1) is 31.5 Å². The molecule has 2 fully saturated rings. The second-order valence-electron chi connectivity index (χ2n) is 11.9. The number of rotatable bonds is 7. The number of anilines is 1. The Kier molecular flexibility index (Phi) is 8.61. The maximum Gasteiger partial charge on any atom is 0.498 e. The van der Waals surface area contributed by atoms with Gasteiger partial charge in [-0.2, -0.15) is 13.2 Å². The SMILES string of the molecule is COC(=O)[C@H](Cc1ccc(B2OC(C)(C)C(C)(C)O2)c2nccn12)NC(=O)c1c(F)cc(N2CCOC[C@@H]2C(F)(F)F)cc1F. The molecule has 10 nitrogen and oxygen atoms in total. The van der Waals surface area contributed by atoms with Crippen molar-refractivity contribution < 1.29 is 50.3 Å². The summed E-state index contributed by atoms with van der Waals surface area (Å²) in [7, 11) is 0.355. The van der Waals surface area contributed by atoms with E-state index in [1.807, 2.05) is 27.7 Å². The zero-order valence-electron chi connectivity index (χ0n) is 25.2. The third-order valence-electron chi connectivity index (χ3n) is 8.47. The Bertz CT molecular complexity index is 1570. The van der Waals surface area contributed by atoms with E-state index in [2.05, 4.69) is 10.3 Å². The number of esters is 1. The Hall–Kier alpha value is -3.76. The van der Waals surface area contributed by atoms with Crippen LogP contribution in [0.25, 0.3) is 5.65 Å². The van der Waals surface area contributed by atoms with E-state index in [0.717, 1.165) is 12.0 Å². The van der Waals surface area contributed by atoms with Crippen molar-refractivity contribution in [1.29, 1.82) is 0 Å². The third-order valence-corrected chi connectivity index (χ3v) is 8.47. The third kappa shape index (κ3) is 6.22. The summed E-state index contributed by atoms with van der Waals surface area (Å²) in [6, 6.07) is 1.17. The second-order valence-corrected chi connectivity index (χ2v) is 11.9. The number of nitrogens with one attached hydrogen (secondary N) is 1. The van der Waals surface area contributed by atoms with Gasteiger partial charge in [-0.25, -0.2) is 18.6 Å². The quantitative estimate of drug-likeness (QED) is 0.239. The molecular weight excluding hydrogens is 606 g/mol. The van der Waals surface area contributed by atoms with Crippen LogP contribution in [0.15, 0.2) is 36.7 Å². The number of ether oxygens (including phenoxy) is 2. The van der Waals surface area contributed by atoms with E-state index in [9.17, 15) is 22.8 Å². The summed E-state index contributed by atoms with van der Waals surface area (Å²) in [4.78, 5) is 31.0. The Morgan fingerprint density at radius 2 is 1.78 bits per heavy atom. The normalized spacial score (nSPS) is 20.4. The fraction of sp³-hybridized carbons (Fsp3) is 0.483. The van der Waals surface area contributed by atoms with E-state index in [1.54, 1.807) is 22.7 Å². The van der Waals surface area contributed by atoms with Gasteiger partial charge in [0.25, 0.3) is 5.91 Å². The molecule has 2 aliphatic rings. The minimum absolute atomic E-state index is 0.0826. The molecule has 1 amide bonds. The van der Waals surface area contributed by atoms with Gasteiger partial charge < -0.3 is 33.4 Å². The standard InChI is InChI=1S/C29H32BF5N4O6/c1-27(2)28(3,4)45-30(44-27)18-7-6-16(39-9-8-36-24(18)39)14-21(26(41)42-5)37-25(40)23-19(31)12-17(13-20(23)32)38-10-11-43-15-22(38)29(33,34)35/h6-9,12-13,21-22H,10-11,14-15H2,1-5H3,(H,37,40)/t21-,22+/m0/s1. The van der Waals surface area contributed by atoms with Crippen molar-refractivity contribution in [2.24, 2.45) is 0 Å². The van der Waals surface area contributed by atoms with Crippen molar-refractivity contribution >= 4 is 35.8 Å². The molecular formula is C29H32BF5N4O6. The lowest BCUT2D eigenvalue weighted by molar-refractivity contribution is -0.167. The number of carbonyl (C=O) groups excluding carboxylic acids is 2. The Balaban J connectivity index is 1.39. The van der Waals surface area contributed by atoms with E-state index < -0.39 is 77.9 Å². The Labute approximate surface area is 255 Å². The molecule has 0 aliphatic carbocycles. The molecule has 0 radical (unpaired) electrons. The fourth-order valence-corrected chi connectivity index (χ4v) is 5.31. The first-order valence-electron chi connectivity index (χ1n) is 14.1. The number of carbonyl (C=O) groups is 2. The van der Waals surface area contributed by atoms with Crippen LogP contribution in [0.2, 0.25) is 0 Å². The zero-order valence-corrected chi connectivity index (χ0v) is 25.2. The van der Waals surface area contributed by atoms with Crippen LogP contribution < -0.4 is 15.7 Å². The summed E-state index contributed by atoms with van der Waals surface area (Å²) < 4.78 is 94.6. The van der Waals surface area contributed by atoms with Crippen LogP contribution >= 0.6 is 0 Å². The first-order valence-corrected chi connectivity index (χ1v) is 14.1. The number of alkyl halides is 3. The summed E-state index contributed by atoms with van der Waals surface area (Å²) >= 11 is 0. The molecule has 1 N–H and O–H groups in total. The van der Waals surface area contributed by atoms with Crippen molar-refractivity contribution in [3.8, 4) is 0 Å². The number of benzene rings is 1. The van der Waals surface area contributed by atoms with Crippen LogP contribution in [0.5, 0.6) is 0 Å². The summed E-state index contributed by atoms with van der Waals surface area (Å²) in [5, 5.41) is 2.30. The fourth-order valence-electron chi connectivity index (χ4n) is 5.31. The number of methoxy groups -OCH3 is 1. The highest BCUT2D eigenvalue weighted by Crippen LogP contribution is 2.37. The molecule has 2 atom stereocenters. The van der Waals surface area contributed by atoms with E-state index in [0.29, 0.717) is 28.9 Å². The molecule has 0 bridgehead atoms. The van der Waals surface area contributed by atoms with Gasteiger partial charge in [-0.3, -0.25) is 4.79 Å². The highest BCUT2D eigenvalue weighted by Gasteiger charge is 2.52. The minimum atomic E-state index is -4.72. The van der Waals surface area contributed by atoms with E-state index in [-0.39, 0.29) is 19.6 Å². The monoisotopic (exact) mass is 638 g/mol. The van der Waals surface area contributed by atoms with Crippen molar-refractivity contribution in [2.45, 2.75) is 63.6 Å². The van der Waals surface area contributed by atoms with Crippen LogP contribution in [0.3, 0.4) is 0 Å². The maximum atomic E-state index is 15.2. The van der Waals surface area contributed by atoms with Gasteiger partial charge in [-0.15, -0.1) is 0 Å². The molecule has 5 rings (SSSR count). The van der Waals surface area contributed by atoms with Gasteiger partial charge in [-0.1, -0.05) is 6.07 Å². The van der Waals surface area contributed by atoms with Gasteiger partial charge in [0.1, 0.15) is 34.9 Å². The molecule has 4 heterocycles. The topological polar surface area (TPSA) is 104 Å². The summed E-state index contributed by atoms with van der Waals surface area (Å²) in [6.07, 6.45) is -1.73. The van der Waals surface area contributed by atoms with E-state index in [1.165, 1.54) is 6.20 Å². The van der Waals surface area contributed by atoms with Crippen LogP contribution in [-0.2, 0) is 30.0 Å². The number of morpholine rings is 1. The molecule has 16 heteroatoms. The number of nitrogens with zero attached hydrogens (tertiary/aromatic N) is 3. The first-order chi connectivity index (χ1) is 21.0. The van der Waals surface area contributed by atoms with Gasteiger partial charge in [0.2, 0.25) is 0 Å². The molecule has 2 aromatic heterocycles. The van der Waals surface area contributed by atoms with E-state index in [4.69, 9.17) is 18.8 Å². The lowest BCUT2D eigenvalue weighted by Gasteiger charge is -2.38. The van der Waals surface area contributed by atoms with Crippen LogP contribution in [0.1, 0.15) is 43.7 Å². The molecule has 0 unspecified atom stereocenters. The molecule has 0 saturated carbocycles. The molecule has 0 spiro atoms. The van der Waals surface area contributed by atoms with Crippen LogP contribution in [-0.4, -0.2) is 84.7 Å². The van der Waals surface area contributed by atoms with Gasteiger partial charge >= 0.3 is 19.3 Å². The number of hydrogen-bond acceptors (Lipinski definition) is 8. The summed E-state index contributed by atoms with van der Waals surface area (Å²) in [5.74, 6) is -4.99. The number of hydrogen-bond donors (Lipinski definition) is 1. The number of fused-ring (bicyclic) bond motifs is 1. The van der Waals surface area contributed by atoms with Gasteiger partial charge in [-0.05, 0) is 45.9 Å². The first kappa shape index (κ1) is 32.6. The number of halogens is 5. The number of aromatic nitrogens is 2. The summed E-state index contributed by atoms with van der Waals surface area (Å²) in [6.45, 7) is 6.58. The largest absolute Gasteiger partial charge is 0.498 e. The highest BCUT2D eigenvalue weighted by atomic mass is 19.4. The zero-order chi connectivity index (χ0) is 32.9. The van der Waals surface area contributed by atoms with Crippen molar-refractivity contribution in [1.82, 2.24) is 14.7 Å². The second kappa shape index (κ2) is 11.9. The highest BCUT2D eigenvalue weighted by molar-refractivity contribution is 6.64. The lowest BCUT2D eigenvalue weighted by atomic mass is 9.79. The molecule has 2 saturated heterocycles. The minimum Gasteiger partial charge on any atom is -0.467 e. The average Bonchev–Trinajstić information content (AvgIpc) is 3.53. The molecule has 242 valence electrons.